The third-order valence-electron chi connectivity index (χ3n) is 6.38. The van der Waals surface area contributed by atoms with E-state index in [1.54, 1.807) is 4.57 Å². The minimum Gasteiger partial charge on any atom is -0.342 e. The first-order chi connectivity index (χ1) is 16.0. The molecule has 3 aromatic rings. The molecule has 8 nitrogen and oxygen atoms in total. The van der Waals surface area contributed by atoms with Crippen molar-refractivity contribution in [2.45, 2.75) is 32.7 Å². The third-order valence-corrected chi connectivity index (χ3v) is 6.38. The van der Waals surface area contributed by atoms with Crippen molar-refractivity contribution in [1.29, 1.82) is 0 Å². The number of carbonyl (C=O) groups excluding carboxylic acids is 2. The molecular formula is C25H27N5O3. The van der Waals surface area contributed by atoms with Gasteiger partial charge in [0.15, 0.2) is 5.82 Å². The highest BCUT2D eigenvalue weighted by Crippen LogP contribution is 2.33. The maximum absolute atomic E-state index is 12.5. The largest absolute Gasteiger partial charge is 0.343 e. The van der Waals surface area contributed by atoms with Crippen LogP contribution in [-0.4, -0.2) is 44.6 Å². The van der Waals surface area contributed by atoms with Crippen molar-refractivity contribution in [3.8, 4) is 22.5 Å². The summed E-state index contributed by atoms with van der Waals surface area (Å²) in [4.78, 5) is 38.1. The normalized spacial score (nSPS) is 17.8. The van der Waals surface area contributed by atoms with Gasteiger partial charge in [-0.15, -0.1) is 0 Å². The van der Waals surface area contributed by atoms with E-state index in [4.69, 9.17) is 0 Å². The number of rotatable bonds is 6. The zero-order chi connectivity index (χ0) is 22.9. The molecule has 2 heterocycles. The van der Waals surface area contributed by atoms with Gasteiger partial charge < -0.3 is 10.2 Å². The Morgan fingerprint density at radius 3 is 2.55 bits per heavy atom. The number of H-pyrrole nitrogens is 1. The molecule has 0 bridgehead atoms. The topological polar surface area (TPSA) is 100 Å². The molecular weight excluding hydrogens is 418 g/mol. The lowest BCUT2D eigenvalue weighted by Crippen LogP contribution is -2.31. The van der Waals surface area contributed by atoms with Crippen molar-refractivity contribution < 1.29 is 9.59 Å². The number of carbonyl (C=O) groups is 2. The SMILES string of the molecule is CC(=O)Nc1cccc(-c2ccc(-c3n[nH]c(=O)n3CC3CCN(C(=O)C4CC4)C3)cc2)c1. The van der Waals surface area contributed by atoms with Crippen LogP contribution in [0.4, 0.5) is 5.69 Å². The first-order valence-corrected chi connectivity index (χ1v) is 11.4. The molecule has 1 saturated carbocycles. The minimum atomic E-state index is -0.232. The average molecular weight is 446 g/mol. The zero-order valence-corrected chi connectivity index (χ0v) is 18.6. The molecule has 2 N–H and O–H groups in total. The lowest BCUT2D eigenvalue weighted by Gasteiger charge is -2.16. The number of hydrogen-bond donors (Lipinski definition) is 2. The molecule has 2 aromatic carbocycles. The van der Waals surface area contributed by atoms with Crippen LogP contribution >= 0.6 is 0 Å². The summed E-state index contributed by atoms with van der Waals surface area (Å²) >= 11 is 0. The van der Waals surface area contributed by atoms with E-state index in [2.05, 4.69) is 15.5 Å². The van der Waals surface area contributed by atoms with Gasteiger partial charge in [0.05, 0.1) is 0 Å². The number of likely N-dealkylation sites (tertiary alicyclic amines) is 1. The number of anilines is 1. The van der Waals surface area contributed by atoms with Gasteiger partial charge in [0, 0.05) is 43.7 Å². The van der Waals surface area contributed by atoms with Crippen LogP contribution in [0.1, 0.15) is 26.2 Å². The first-order valence-electron chi connectivity index (χ1n) is 11.4. The van der Waals surface area contributed by atoms with Crippen molar-refractivity contribution >= 4 is 17.5 Å². The molecule has 0 radical (unpaired) electrons. The van der Waals surface area contributed by atoms with Crippen LogP contribution < -0.4 is 11.0 Å². The van der Waals surface area contributed by atoms with Crippen LogP contribution in [0.15, 0.2) is 53.3 Å². The van der Waals surface area contributed by atoms with Gasteiger partial charge in [-0.05, 0) is 48.4 Å². The maximum Gasteiger partial charge on any atom is 0.343 e. The average Bonchev–Trinajstić information content (AvgIpc) is 3.45. The molecule has 0 spiro atoms. The number of benzene rings is 2. The van der Waals surface area contributed by atoms with E-state index in [0.717, 1.165) is 48.2 Å². The molecule has 2 amide bonds. The Labute approximate surface area is 191 Å². The van der Waals surface area contributed by atoms with Gasteiger partial charge in [-0.1, -0.05) is 36.4 Å². The molecule has 1 atom stereocenters. The molecule has 1 unspecified atom stereocenters. The predicted octanol–water partition coefficient (Wildman–Crippen LogP) is 3.12. The fraction of sp³-hybridized carbons (Fsp3) is 0.360. The number of nitrogens with one attached hydrogen (secondary N) is 2. The quantitative estimate of drug-likeness (QED) is 0.609. The third kappa shape index (κ3) is 4.60. The van der Waals surface area contributed by atoms with E-state index >= 15 is 0 Å². The van der Waals surface area contributed by atoms with Crippen molar-refractivity contribution in [1.82, 2.24) is 19.7 Å². The Hall–Kier alpha value is -3.68. The summed E-state index contributed by atoms with van der Waals surface area (Å²) < 4.78 is 1.68. The van der Waals surface area contributed by atoms with Gasteiger partial charge in [0.1, 0.15) is 0 Å². The van der Waals surface area contributed by atoms with Gasteiger partial charge in [-0.3, -0.25) is 14.2 Å². The molecule has 1 aliphatic carbocycles. The molecule has 8 heteroatoms. The van der Waals surface area contributed by atoms with E-state index in [9.17, 15) is 14.4 Å². The van der Waals surface area contributed by atoms with Gasteiger partial charge in [0.2, 0.25) is 11.8 Å². The highest BCUT2D eigenvalue weighted by atomic mass is 16.2. The molecule has 33 heavy (non-hydrogen) atoms. The van der Waals surface area contributed by atoms with Gasteiger partial charge in [-0.25, -0.2) is 9.89 Å². The predicted molar refractivity (Wildman–Crippen MR) is 125 cm³/mol. The maximum atomic E-state index is 12.5. The second-order valence-electron chi connectivity index (χ2n) is 9.02. The molecule has 1 saturated heterocycles. The van der Waals surface area contributed by atoms with E-state index in [1.165, 1.54) is 6.92 Å². The summed E-state index contributed by atoms with van der Waals surface area (Å²) in [5, 5.41) is 9.65. The summed E-state index contributed by atoms with van der Waals surface area (Å²) in [7, 11) is 0. The number of amides is 2. The molecule has 170 valence electrons. The van der Waals surface area contributed by atoms with Gasteiger partial charge in [-0.2, -0.15) is 5.10 Å². The lowest BCUT2D eigenvalue weighted by atomic mass is 10.0. The Kier molecular flexibility index (Phi) is 5.58. The van der Waals surface area contributed by atoms with Gasteiger partial charge >= 0.3 is 5.69 Å². The Balaban J connectivity index is 1.32. The minimum absolute atomic E-state index is 0.110. The van der Waals surface area contributed by atoms with E-state index in [-0.39, 0.29) is 29.3 Å². The smallest absolute Gasteiger partial charge is 0.342 e. The molecule has 1 aromatic heterocycles. The fourth-order valence-corrected chi connectivity index (χ4v) is 4.53. The lowest BCUT2D eigenvalue weighted by molar-refractivity contribution is -0.131. The standard InChI is InChI=1S/C25H27N5O3/c1-16(31)26-22-4-2-3-21(13-22)18-5-7-19(8-6-18)23-27-28-25(33)30(23)15-17-11-12-29(14-17)24(32)20-9-10-20/h2-8,13,17,20H,9-12,14-15H2,1H3,(H,26,31)(H,28,33). The Morgan fingerprint density at radius 2 is 1.82 bits per heavy atom. The number of nitrogens with zero attached hydrogens (tertiary/aromatic N) is 3. The van der Waals surface area contributed by atoms with Crippen molar-refractivity contribution in [2.24, 2.45) is 11.8 Å². The zero-order valence-electron chi connectivity index (χ0n) is 18.6. The highest BCUT2D eigenvalue weighted by Gasteiger charge is 2.36. The van der Waals surface area contributed by atoms with Crippen LogP contribution in [0, 0.1) is 11.8 Å². The second-order valence-corrected chi connectivity index (χ2v) is 9.02. The molecule has 5 rings (SSSR count). The molecule has 2 aliphatic rings. The highest BCUT2D eigenvalue weighted by molar-refractivity contribution is 5.89. The Bertz CT molecular complexity index is 1240. The number of aromatic nitrogens is 3. The fourth-order valence-electron chi connectivity index (χ4n) is 4.53. The van der Waals surface area contributed by atoms with E-state index in [0.29, 0.717) is 18.9 Å². The summed E-state index contributed by atoms with van der Waals surface area (Å²) in [6, 6.07) is 15.5. The van der Waals surface area contributed by atoms with Crippen LogP contribution in [-0.2, 0) is 16.1 Å². The Morgan fingerprint density at radius 1 is 1.06 bits per heavy atom. The molecule has 2 fully saturated rings. The summed E-state index contributed by atoms with van der Waals surface area (Å²) in [5.41, 5.74) is 3.35. The van der Waals surface area contributed by atoms with Gasteiger partial charge in [0.25, 0.3) is 0 Å². The van der Waals surface area contributed by atoms with Crippen molar-refractivity contribution in [3.63, 3.8) is 0 Å². The van der Waals surface area contributed by atoms with Crippen LogP contribution in [0.2, 0.25) is 0 Å². The van der Waals surface area contributed by atoms with Crippen molar-refractivity contribution in [2.75, 3.05) is 18.4 Å². The second kappa shape index (κ2) is 8.69. The number of aromatic amines is 1. The van der Waals surface area contributed by atoms with Crippen molar-refractivity contribution in [3.05, 3.63) is 59.0 Å². The monoisotopic (exact) mass is 445 g/mol. The summed E-state index contributed by atoms with van der Waals surface area (Å²) in [6.07, 6.45) is 2.93. The number of hydrogen-bond acceptors (Lipinski definition) is 4. The summed E-state index contributed by atoms with van der Waals surface area (Å²) in [6.45, 7) is 3.50. The molecule has 1 aliphatic heterocycles. The van der Waals surface area contributed by atoms with Crippen LogP contribution in [0.3, 0.4) is 0 Å². The first kappa shape index (κ1) is 21.2. The summed E-state index contributed by atoms with van der Waals surface area (Å²) in [5.74, 6) is 1.24. The van der Waals surface area contributed by atoms with Crippen LogP contribution in [0.25, 0.3) is 22.5 Å². The van der Waals surface area contributed by atoms with E-state index < -0.39 is 0 Å². The van der Waals surface area contributed by atoms with E-state index in [1.807, 2.05) is 53.4 Å². The van der Waals surface area contributed by atoms with Crippen LogP contribution in [0.5, 0.6) is 0 Å².